The topological polar surface area (TPSA) is 103 Å². The van der Waals surface area contributed by atoms with E-state index in [0.717, 1.165) is 19.3 Å². The van der Waals surface area contributed by atoms with Gasteiger partial charge in [-0.15, -0.1) is 0 Å². The van der Waals surface area contributed by atoms with Gasteiger partial charge in [0.1, 0.15) is 12.2 Å². The fourth-order valence-electron chi connectivity index (χ4n) is 5.58. The minimum Gasteiger partial charge on any atom is -0.347 e. The molecule has 0 bridgehead atoms. The molecule has 2 heterocycles. The van der Waals surface area contributed by atoms with Gasteiger partial charge in [0.2, 0.25) is 17.7 Å². The summed E-state index contributed by atoms with van der Waals surface area (Å²) in [5.41, 5.74) is 1.98. The number of carbonyl (C=O) groups excluding carboxylic acids is 3. The first-order valence-corrected chi connectivity index (χ1v) is 12.1. The van der Waals surface area contributed by atoms with Crippen LogP contribution in [0, 0.1) is 5.41 Å². The van der Waals surface area contributed by atoms with Crippen LogP contribution in [0.4, 0.5) is 0 Å². The molecule has 0 radical (unpaired) electrons. The number of hydrogen-bond donors (Lipinski definition) is 4. The van der Waals surface area contributed by atoms with E-state index in [2.05, 4.69) is 33.4 Å². The number of nitrogens with one attached hydrogen (secondary N) is 4. The van der Waals surface area contributed by atoms with Crippen LogP contribution in [0.1, 0.15) is 63.6 Å². The number of likely N-dealkylation sites (N-methyl/N-ethyl adjacent to an activating group) is 1. The largest absolute Gasteiger partial charge is 0.347 e. The van der Waals surface area contributed by atoms with Crippen molar-refractivity contribution >= 4 is 17.7 Å². The third-order valence-electron chi connectivity index (χ3n) is 7.44. The highest BCUT2D eigenvalue weighted by atomic mass is 16.2. The number of fused-ring (bicyclic) bond motifs is 2. The van der Waals surface area contributed by atoms with Gasteiger partial charge in [0.05, 0.1) is 18.5 Å². The second-order valence-corrected chi connectivity index (χ2v) is 10.4. The predicted molar refractivity (Wildman–Crippen MR) is 126 cm³/mol. The first-order valence-electron chi connectivity index (χ1n) is 12.1. The second-order valence-electron chi connectivity index (χ2n) is 10.4. The van der Waals surface area contributed by atoms with Crippen LogP contribution >= 0.6 is 0 Å². The predicted octanol–water partition coefficient (Wildman–Crippen LogP) is 1.22. The molecule has 180 valence electrons. The summed E-state index contributed by atoms with van der Waals surface area (Å²) >= 11 is 0. The van der Waals surface area contributed by atoms with Gasteiger partial charge in [0.15, 0.2) is 0 Å². The Hall–Kier alpha value is -2.45. The molecule has 0 aromatic heterocycles. The van der Waals surface area contributed by atoms with Crippen LogP contribution in [0.5, 0.6) is 0 Å². The molecule has 1 aromatic rings. The van der Waals surface area contributed by atoms with Crippen LogP contribution in [0.2, 0.25) is 0 Å². The summed E-state index contributed by atoms with van der Waals surface area (Å²) in [6.07, 6.45) is 3.08. The highest BCUT2D eigenvalue weighted by Gasteiger charge is 2.55. The summed E-state index contributed by atoms with van der Waals surface area (Å²) in [7, 11) is 1.86. The third kappa shape index (κ3) is 4.77. The Morgan fingerprint density at radius 1 is 1.24 bits per heavy atom. The van der Waals surface area contributed by atoms with Gasteiger partial charge in [-0.05, 0) is 56.2 Å². The highest BCUT2D eigenvalue weighted by Crippen LogP contribution is 2.41. The zero-order valence-corrected chi connectivity index (χ0v) is 20.1. The molecule has 2 fully saturated rings. The molecule has 2 saturated heterocycles. The summed E-state index contributed by atoms with van der Waals surface area (Å²) in [6.45, 7) is 6.57. The number of hydrogen-bond acceptors (Lipinski definition) is 5. The van der Waals surface area contributed by atoms with E-state index in [4.69, 9.17) is 0 Å². The zero-order chi connectivity index (χ0) is 23.8. The normalized spacial score (nSPS) is 29.5. The Balaban J connectivity index is 1.57. The maximum atomic E-state index is 13.7. The zero-order valence-electron chi connectivity index (χ0n) is 20.1. The van der Waals surface area contributed by atoms with Crippen molar-refractivity contribution in [3.8, 4) is 0 Å². The fraction of sp³-hybridized carbons (Fsp3) is 0.640. The quantitative estimate of drug-likeness (QED) is 0.517. The van der Waals surface area contributed by atoms with Crippen molar-refractivity contribution < 1.29 is 14.4 Å². The summed E-state index contributed by atoms with van der Waals surface area (Å²) in [5.74, 6) is -0.490. The van der Waals surface area contributed by atoms with Gasteiger partial charge < -0.3 is 26.2 Å². The Morgan fingerprint density at radius 3 is 2.76 bits per heavy atom. The van der Waals surface area contributed by atoms with Crippen molar-refractivity contribution in [3.63, 3.8) is 0 Å². The van der Waals surface area contributed by atoms with Crippen LogP contribution < -0.4 is 21.3 Å². The Bertz CT molecular complexity index is 917. The van der Waals surface area contributed by atoms with Gasteiger partial charge in [-0.25, -0.2) is 0 Å². The van der Waals surface area contributed by atoms with E-state index in [1.807, 2.05) is 40.0 Å². The number of rotatable bonds is 6. The van der Waals surface area contributed by atoms with E-state index in [9.17, 15) is 14.4 Å². The molecule has 3 aliphatic rings. The van der Waals surface area contributed by atoms with Crippen LogP contribution in [0.15, 0.2) is 24.3 Å². The summed E-state index contributed by atoms with van der Waals surface area (Å²) in [6, 6.07) is 7.06. The number of benzene rings is 1. The van der Waals surface area contributed by atoms with Crippen molar-refractivity contribution in [1.29, 1.82) is 0 Å². The molecule has 1 aromatic carbocycles. The van der Waals surface area contributed by atoms with Gasteiger partial charge in [-0.1, -0.05) is 38.1 Å². The highest BCUT2D eigenvalue weighted by molar-refractivity contribution is 5.95. The molecule has 1 aliphatic carbocycles. The first-order chi connectivity index (χ1) is 15.7. The number of aryl methyl sites for hydroxylation is 1. The molecule has 0 spiro atoms. The van der Waals surface area contributed by atoms with Gasteiger partial charge in [0.25, 0.3) is 0 Å². The smallest absolute Gasteiger partial charge is 0.243 e. The van der Waals surface area contributed by atoms with Crippen molar-refractivity contribution in [2.45, 2.75) is 83.2 Å². The minimum atomic E-state index is -0.648. The standard InChI is InChI=1S/C25H37N5O3/c1-15(26-4)14-27-19-12-21(31)29-20-13-25(2,3)22(30(20)24(19)33)23(32)28-18-11-7-9-16-8-5-6-10-17(16)18/h5-6,8,10,15,18-20,22,26-27H,7,9,11-14H2,1-4H3,(H,28,32)(H,29,31)/t15-,18+,19-,20+,22?/m0/s1. The lowest BCUT2D eigenvalue weighted by molar-refractivity contribution is -0.144. The fourth-order valence-corrected chi connectivity index (χ4v) is 5.58. The number of amides is 3. The maximum absolute atomic E-state index is 13.7. The lowest BCUT2D eigenvalue weighted by Gasteiger charge is -2.36. The Labute approximate surface area is 196 Å². The van der Waals surface area contributed by atoms with E-state index in [0.29, 0.717) is 13.0 Å². The molecule has 8 nitrogen and oxygen atoms in total. The van der Waals surface area contributed by atoms with Crippen LogP contribution in [-0.4, -0.2) is 60.5 Å². The molecule has 5 atom stereocenters. The third-order valence-corrected chi connectivity index (χ3v) is 7.44. The average Bonchev–Trinajstić information content (AvgIpc) is 2.99. The molecular weight excluding hydrogens is 418 g/mol. The molecule has 1 unspecified atom stereocenters. The van der Waals surface area contributed by atoms with E-state index in [1.54, 1.807) is 4.90 Å². The number of carbonyl (C=O) groups is 3. The molecule has 3 amide bonds. The summed E-state index contributed by atoms with van der Waals surface area (Å²) in [5, 5.41) is 12.6. The van der Waals surface area contributed by atoms with Crippen molar-refractivity contribution in [1.82, 2.24) is 26.2 Å². The summed E-state index contributed by atoms with van der Waals surface area (Å²) in [4.78, 5) is 41.6. The monoisotopic (exact) mass is 455 g/mol. The average molecular weight is 456 g/mol. The van der Waals surface area contributed by atoms with Crippen molar-refractivity contribution in [3.05, 3.63) is 35.4 Å². The van der Waals surface area contributed by atoms with Crippen LogP contribution in [0.3, 0.4) is 0 Å². The molecule has 2 aliphatic heterocycles. The van der Waals surface area contributed by atoms with E-state index >= 15 is 0 Å². The molecule has 8 heteroatoms. The Kier molecular flexibility index (Phi) is 6.77. The van der Waals surface area contributed by atoms with E-state index < -0.39 is 23.7 Å². The first kappa shape index (κ1) is 23.7. The van der Waals surface area contributed by atoms with Gasteiger partial charge >= 0.3 is 0 Å². The van der Waals surface area contributed by atoms with E-state index in [1.165, 1.54) is 11.1 Å². The lowest BCUT2D eigenvalue weighted by Crippen LogP contribution is -2.58. The van der Waals surface area contributed by atoms with Gasteiger partial charge in [0, 0.05) is 12.6 Å². The molecule has 4 rings (SSSR count). The number of nitrogens with zero attached hydrogens (tertiary/aromatic N) is 1. The summed E-state index contributed by atoms with van der Waals surface area (Å²) < 4.78 is 0. The van der Waals surface area contributed by atoms with Crippen molar-refractivity contribution in [2.75, 3.05) is 13.6 Å². The molecule has 4 N–H and O–H groups in total. The maximum Gasteiger partial charge on any atom is 0.243 e. The van der Waals surface area contributed by atoms with Crippen molar-refractivity contribution in [2.24, 2.45) is 5.41 Å². The molecular formula is C25H37N5O3. The van der Waals surface area contributed by atoms with Gasteiger partial charge in [-0.3, -0.25) is 14.4 Å². The second kappa shape index (κ2) is 9.43. The van der Waals surface area contributed by atoms with Crippen LogP contribution in [0.25, 0.3) is 0 Å². The minimum absolute atomic E-state index is 0.0561. The van der Waals surface area contributed by atoms with E-state index in [-0.39, 0.29) is 36.2 Å². The Morgan fingerprint density at radius 2 is 2.00 bits per heavy atom. The van der Waals surface area contributed by atoms with Gasteiger partial charge in [-0.2, -0.15) is 0 Å². The molecule has 33 heavy (non-hydrogen) atoms. The lowest BCUT2D eigenvalue weighted by atomic mass is 9.82. The SMILES string of the molecule is CN[C@@H](C)CN[C@H]1CC(=O)N[C@H]2CC(C)(C)C(C(=O)N[C@@H]3CCCc4ccccc43)N2C1=O. The van der Waals surface area contributed by atoms with Crippen LogP contribution in [-0.2, 0) is 20.8 Å². The molecule has 0 saturated carbocycles.